The lowest BCUT2D eigenvalue weighted by Gasteiger charge is -2.27. The highest BCUT2D eigenvalue weighted by molar-refractivity contribution is 7.99. The topological polar surface area (TPSA) is 38.3 Å². The van der Waals surface area contributed by atoms with Crippen LogP contribution in [-0.4, -0.2) is 36.2 Å². The smallest absolute Gasteiger partial charge is 0.326 e. The predicted molar refractivity (Wildman–Crippen MR) is 75.5 cm³/mol. The summed E-state index contributed by atoms with van der Waals surface area (Å²) in [7, 11) is 0. The van der Waals surface area contributed by atoms with Gasteiger partial charge in [0.2, 0.25) is 0 Å². The molecule has 0 aliphatic rings. The van der Waals surface area contributed by atoms with Crippen LogP contribution in [0.15, 0.2) is 0 Å². The van der Waals surface area contributed by atoms with E-state index in [9.17, 15) is 4.79 Å². The van der Waals surface area contributed by atoms with Gasteiger partial charge in [0, 0.05) is 5.75 Å². The van der Waals surface area contributed by atoms with Gasteiger partial charge in [-0.1, -0.05) is 20.8 Å². The number of hydrogen-bond donors (Lipinski definition) is 1. The molecule has 102 valence electrons. The number of carbonyl (C=O) groups is 1. The normalized spacial score (nSPS) is 14.7. The molecule has 0 spiro atoms. The Kier molecular flexibility index (Phi) is 8.70. The number of likely N-dealkylation sites (N-methyl/N-ethyl adjacent to an activating group) is 1. The van der Waals surface area contributed by atoms with Crippen molar-refractivity contribution >= 4 is 17.7 Å². The molecule has 0 aromatic rings. The van der Waals surface area contributed by atoms with Crippen LogP contribution in [0, 0.1) is 5.92 Å². The maximum atomic E-state index is 11.9. The van der Waals surface area contributed by atoms with E-state index in [1.54, 1.807) is 0 Å². The molecule has 1 N–H and O–H groups in total. The first-order chi connectivity index (χ1) is 7.96. The van der Waals surface area contributed by atoms with Crippen LogP contribution in [-0.2, 0) is 9.53 Å². The minimum absolute atomic E-state index is 0.140. The second-order valence-corrected chi connectivity index (χ2v) is 5.92. The highest BCUT2D eigenvalue weighted by atomic mass is 32.2. The van der Waals surface area contributed by atoms with Crippen molar-refractivity contribution in [3.8, 4) is 0 Å². The fourth-order valence-corrected chi connectivity index (χ4v) is 2.87. The third kappa shape index (κ3) is 6.94. The summed E-state index contributed by atoms with van der Waals surface area (Å²) in [6.45, 7) is 11.4. The van der Waals surface area contributed by atoms with E-state index in [4.69, 9.17) is 4.74 Å². The first-order valence-electron chi connectivity index (χ1n) is 6.46. The van der Waals surface area contributed by atoms with Crippen LogP contribution in [0.25, 0.3) is 0 Å². The summed E-state index contributed by atoms with van der Waals surface area (Å²) in [5, 5.41) is 3.24. The van der Waals surface area contributed by atoms with Gasteiger partial charge >= 0.3 is 5.97 Å². The predicted octanol–water partition coefficient (Wildman–Crippen LogP) is 2.70. The number of esters is 1. The van der Waals surface area contributed by atoms with Gasteiger partial charge in [0.1, 0.15) is 5.54 Å². The molecule has 0 amide bonds. The molecule has 0 aliphatic heterocycles. The Morgan fingerprint density at radius 2 is 2.06 bits per heavy atom. The van der Waals surface area contributed by atoms with E-state index < -0.39 is 5.54 Å². The Balaban J connectivity index is 4.16. The summed E-state index contributed by atoms with van der Waals surface area (Å²) in [5.41, 5.74) is -0.549. The Labute approximate surface area is 110 Å². The van der Waals surface area contributed by atoms with Gasteiger partial charge < -0.3 is 10.1 Å². The molecule has 17 heavy (non-hydrogen) atoms. The SMILES string of the molecule is CCNC(C)(CSCCC(C)C)C(=O)OCC. The lowest BCUT2D eigenvalue weighted by molar-refractivity contribution is -0.149. The molecule has 1 unspecified atom stereocenters. The van der Waals surface area contributed by atoms with Crippen LogP contribution in [0.4, 0.5) is 0 Å². The zero-order valence-corrected chi connectivity index (χ0v) is 12.7. The average Bonchev–Trinajstić information content (AvgIpc) is 2.25. The summed E-state index contributed by atoms with van der Waals surface area (Å²) in [5.74, 6) is 2.44. The number of nitrogens with one attached hydrogen (secondary N) is 1. The van der Waals surface area contributed by atoms with E-state index in [1.807, 2.05) is 32.5 Å². The lowest BCUT2D eigenvalue weighted by Crippen LogP contribution is -2.52. The van der Waals surface area contributed by atoms with Gasteiger partial charge in [0.05, 0.1) is 6.61 Å². The zero-order valence-electron chi connectivity index (χ0n) is 11.8. The summed E-state index contributed by atoms with van der Waals surface area (Å²) < 4.78 is 5.12. The minimum atomic E-state index is -0.549. The molecule has 3 nitrogen and oxygen atoms in total. The molecule has 0 radical (unpaired) electrons. The number of carbonyl (C=O) groups excluding carboxylic acids is 1. The van der Waals surface area contributed by atoms with Crippen molar-refractivity contribution in [3.05, 3.63) is 0 Å². The summed E-state index contributed by atoms with van der Waals surface area (Å²) in [4.78, 5) is 11.9. The standard InChI is InChI=1S/C13H27NO2S/c1-6-14-13(5,12(15)16-7-2)10-17-9-8-11(3)4/h11,14H,6-10H2,1-5H3. The molecule has 0 aromatic carbocycles. The summed E-state index contributed by atoms with van der Waals surface area (Å²) >= 11 is 1.82. The van der Waals surface area contributed by atoms with Crippen LogP contribution in [0.2, 0.25) is 0 Å². The van der Waals surface area contributed by atoms with Gasteiger partial charge in [-0.15, -0.1) is 0 Å². The minimum Gasteiger partial charge on any atom is -0.465 e. The van der Waals surface area contributed by atoms with E-state index >= 15 is 0 Å². The van der Waals surface area contributed by atoms with Gasteiger partial charge in [-0.05, 0) is 38.5 Å². The van der Waals surface area contributed by atoms with Crippen molar-refractivity contribution in [1.29, 1.82) is 0 Å². The third-order valence-electron chi connectivity index (χ3n) is 2.52. The second-order valence-electron chi connectivity index (χ2n) is 4.82. The first kappa shape index (κ1) is 16.8. The van der Waals surface area contributed by atoms with Crippen LogP contribution in [0.1, 0.15) is 41.0 Å². The van der Waals surface area contributed by atoms with Gasteiger partial charge in [0.15, 0.2) is 0 Å². The quantitative estimate of drug-likeness (QED) is 0.511. The maximum Gasteiger partial charge on any atom is 0.326 e. The van der Waals surface area contributed by atoms with Gasteiger partial charge in [0.25, 0.3) is 0 Å². The molecule has 4 heteroatoms. The molecule has 0 saturated carbocycles. The summed E-state index contributed by atoms with van der Waals surface area (Å²) in [6, 6.07) is 0. The van der Waals surface area contributed by atoms with Crippen molar-refractivity contribution in [3.63, 3.8) is 0 Å². The van der Waals surface area contributed by atoms with Crippen LogP contribution < -0.4 is 5.32 Å². The molecule has 0 saturated heterocycles. The molecule has 1 atom stereocenters. The van der Waals surface area contributed by atoms with E-state index in [0.29, 0.717) is 6.61 Å². The summed E-state index contributed by atoms with van der Waals surface area (Å²) in [6.07, 6.45) is 1.19. The number of thioether (sulfide) groups is 1. The van der Waals surface area contributed by atoms with Gasteiger partial charge in [-0.2, -0.15) is 11.8 Å². The highest BCUT2D eigenvalue weighted by Crippen LogP contribution is 2.17. The molecular formula is C13H27NO2S. The van der Waals surface area contributed by atoms with E-state index in [1.165, 1.54) is 6.42 Å². The monoisotopic (exact) mass is 261 g/mol. The van der Waals surface area contributed by atoms with Crippen LogP contribution in [0.5, 0.6) is 0 Å². The molecule has 0 bridgehead atoms. The van der Waals surface area contributed by atoms with Crippen molar-refractivity contribution in [1.82, 2.24) is 5.32 Å². The van der Waals surface area contributed by atoms with Gasteiger partial charge in [-0.25, -0.2) is 0 Å². The van der Waals surface area contributed by atoms with E-state index in [0.717, 1.165) is 24.0 Å². The highest BCUT2D eigenvalue weighted by Gasteiger charge is 2.33. The van der Waals surface area contributed by atoms with Crippen molar-refractivity contribution in [2.45, 2.75) is 46.6 Å². The average molecular weight is 261 g/mol. The Bertz CT molecular complexity index is 221. The third-order valence-corrected chi connectivity index (χ3v) is 3.83. The Morgan fingerprint density at radius 1 is 1.41 bits per heavy atom. The van der Waals surface area contributed by atoms with Crippen LogP contribution >= 0.6 is 11.8 Å². The van der Waals surface area contributed by atoms with Crippen molar-refractivity contribution in [2.75, 3.05) is 24.7 Å². The lowest BCUT2D eigenvalue weighted by atomic mass is 10.1. The maximum absolute atomic E-state index is 11.9. The van der Waals surface area contributed by atoms with Crippen molar-refractivity contribution in [2.24, 2.45) is 5.92 Å². The van der Waals surface area contributed by atoms with Gasteiger partial charge in [-0.3, -0.25) is 4.79 Å². The number of hydrogen-bond acceptors (Lipinski definition) is 4. The number of rotatable bonds is 9. The fraction of sp³-hybridized carbons (Fsp3) is 0.923. The molecule has 0 aromatic heterocycles. The van der Waals surface area contributed by atoms with E-state index in [2.05, 4.69) is 19.2 Å². The van der Waals surface area contributed by atoms with Crippen molar-refractivity contribution < 1.29 is 9.53 Å². The zero-order chi connectivity index (χ0) is 13.3. The largest absolute Gasteiger partial charge is 0.465 e. The second kappa shape index (κ2) is 8.81. The molecule has 0 fully saturated rings. The molecule has 0 heterocycles. The first-order valence-corrected chi connectivity index (χ1v) is 7.61. The van der Waals surface area contributed by atoms with Crippen LogP contribution in [0.3, 0.4) is 0 Å². The molecule has 0 aliphatic carbocycles. The Hall–Kier alpha value is -0.220. The number of ether oxygens (including phenoxy) is 1. The molecular weight excluding hydrogens is 234 g/mol. The van der Waals surface area contributed by atoms with E-state index in [-0.39, 0.29) is 5.97 Å². The Morgan fingerprint density at radius 3 is 2.53 bits per heavy atom. The molecule has 0 rings (SSSR count). The fourth-order valence-electron chi connectivity index (χ4n) is 1.46.